The number of likely N-dealkylation sites (tertiary alicyclic amines) is 1. The van der Waals surface area contributed by atoms with Crippen LogP contribution in [0.1, 0.15) is 43.2 Å². The van der Waals surface area contributed by atoms with E-state index in [1.165, 1.54) is 56.2 Å². The van der Waals surface area contributed by atoms with Crippen molar-refractivity contribution in [2.24, 2.45) is 5.92 Å². The van der Waals surface area contributed by atoms with Gasteiger partial charge in [0.1, 0.15) is 5.75 Å². The van der Waals surface area contributed by atoms with E-state index >= 15 is 0 Å². The zero-order valence-corrected chi connectivity index (χ0v) is 15.2. The lowest BCUT2D eigenvalue weighted by Gasteiger charge is -2.58. The molecule has 0 amide bonds. The minimum absolute atomic E-state index is 0.377. The normalized spacial score (nSPS) is 30.4. The smallest absolute Gasteiger partial charge is 0.115 e. The van der Waals surface area contributed by atoms with E-state index in [1.54, 1.807) is 0 Å². The van der Waals surface area contributed by atoms with Crippen LogP contribution in [0.15, 0.2) is 54.6 Å². The zero-order valence-electron chi connectivity index (χ0n) is 15.2. The third-order valence-electron chi connectivity index (χ3n) is 6.76. The molecule has 5 rings (SSSR count). The Morgan fingerprint density at radius 1 is 1.00 bits per heavy atom. The van der Waals surface area contributed by atoms with Crippen molar-refractivity contribution in [2.75, 3.05) is 13.6 Å². The van der Waals surface area contributed by atoms with Crippen molar-refractivity contribution in [2.45, 2.75) is 50.0 Å². The van der Waals surface area contributed by atoms with Crippen LogP contribution in [-0.4, -0.2) is 29.6 Å². The molecule has 2 aliphatic carbocycles. The predicted octanol–water partition coefficient (Wildman–Crippen LogP) is 4.77. The second-order valence-corrected chi connectivity index (χ2v) is 8.01. The third-order valence-corrected chi connectivity index (χ3v) is 6.76. The minimum Gasteiger partial charge on any atom is -0.508 e. The fourth-order valence-electron chi connectivity index (χ4n) is 5.57. The molecule has 0 radical (unpaired) electrons. The quantitative estimate of drug-likeness (QED) is 0.750. The lowest BCUT2D eigenvalue weighted by molar-refractivity contribution is 0.00274. The van der Waals surface area contributed by atoms with E-state index < -0.39 is 0 Å². The van der Waals surface area contributed by atoms with Crippen LogP contribution in [0.5, 0.6) is 5.75 Å². The summed E-state index contributed by atoms with van der Waals surface area (Å²) < 4.78 is 0. The van der Waals surface area contributed by atoms with Crippen molar-refractivity contribution in [3.05, 3.63) is 65.7 Å². The Kier molecular flexibility index (Phi) is 4.56. The number of hydrogen-bond donors (Lipinski definition) is 1. The average Bonchev–Trinajstić information content (AvgIpc) is 2.67. The molecule has 2 aromatic carbocycles. The Labute approximate surface area is 151 Å². The predicted molar refractivity (Wildman–Crippen MR) is 103 cm³/mol. The molecule has 2 aromatic rings. The van der Waals surface area contributed by atoms with Gasteiger partial charge in [0.2, 0.25) is 0 Å². The molecule has 0 spiro atoms. The van der Waals surface area contributed by atoms with Gasteiger partial charge in [-0.2, -0.15) is 0 Å². The first-order valence-corrected chi connectivity index (χ1v) is 9.73. The molecule has 2 fully saturated rings. The molecule has 2 nitrogen and oxygen atoms in total. The number of nitrogens with zero attached hydrogens (tertiary/aromatic N) is 1. The second kappa shape index (κ2) is 6.84. The average molecular weight is 335 g/mol. The van der Waals surface area contributed by atoms with Crippen molar-refractivity contribution >= 4 is 0 Å². The lowest BCUT2D eigenvalue weighted by Crippen LogP contribution is -2.59. The lowest BCUT2D eigenvalue weighted by atomic mass is 9.52. The van der Waals surface area contributed by atoms with E-state index in [2.05, 4.69) is 24.1 Å². The number of phenolic OH excluding ortho intramolecular Hbond substituents is 1. The van der Waals surface area contributed by atoms with E-state index in [4.69, 9.17) is 0 Å². The summed E-state index contributed by atoms with van der Waals surface area (Å²) >= 11 is 0. The maximum Gasteiger partial charge on any atom is 0.115 e. The van der Waals surface area contributed by atoms with Crippen LogP contribution in [0.4, 0.5) is 0 Å². The van der Waals surface area contributed by atoms with Gasteiger partial charge in [-0.05, 0) is 68.5 Å². The number of piperidine rings is 1. The number of likely N-dealkylation sites (N-methyl/N-ethyl adjacent to an activating group) is 1. The Hall–Kier alpha value is -1.80. The van der Waals surface area contributed by atoms with Gasteiger partial charge < -0.3 is 10.0 Å². The second-order valence-electron chi connectivity index (χ2n) is 8.01. The zero-order chi connectivity index (χ0) is 17.3. The van der Waals surface area contributed by atoms with E-state index in [-0.39, 0.29) is 0 Å². The highest BCUT2D eigenvalue weighted by Crippen LogP contribution is 2.55. The van der Waals surface area contributed by atoms with Gasteiger partial charge in [0.15, 0.2) is 0 Å². The molecule has 132 valence electrons. The van der Waals surface area contributed by atoms with E-state index in [0.717, 1.165) is 12.0 Å². The van der Waals surface area contributed by atoms with Crippen LogP contribution in [0.3, 0.4) is 0 Å². The van der Waals surface area contributed by atoms with Crippen molar-refractivity contribution in [1.82, 2.24) is 4.90 Å². The van der Waals surface area contributed by atoms with Gasteiger partial charge in [-0.1, -0.05) is 55.3 Å². The van der Waals surface area contributed by atoms with Crippen LogP contribution >= 0.6 is 0 Å². The van der Waals surface area contributed by atoms with Gasteiger partial charge in [0, 0.05) is 11.5 Å². The summed E-state index contributed by atoms with van der Waals surface area (Å²) in [7, 11) is 2.30. The van der Waals surface area contributed by atoms with Crippen molar-refractivity contribution < 1.29 is 5.11 Å². The van der Waals surface area contributed by atoms with E-state index in [9.17, 15) is 5.11 Å². The molecular formula is C23H29NO. The molecule has 0 aromatic heterocycles. The van der Waals surface area contributed by atoms with Crippen LogP contribution in [0.25, 0.3) is 0 Å². The summed E-state index contributed by atoms with van der Waals surface area (Å²) in [6.45, 7) is 1.22. The number of benzene rings is 2. The Bertz CT molecular complexity index is 687. The topological polar surface area (TPSA) is 23.5 Å². The summed E-state index contributed by atoms with van der Waals surface area (Å²) in [5.41, 5.74) is 3.36. The van der Waals surface area contributed by atoms with Crippen molar-refractivity contribution in [3.63, 3.8) is 0 Å². The maximum atomic E-state index is 9.91. The summed E-state index contributed by atoms with van der Waals surface area (Å²) in [6, 6.07) is 18.8. The van der Waals surface area contributed by atoms with Gasteiger partial charge in [-0.3, -0.25) is 0 Å². The molecule has 2 heteroatoms. The summed E-state index contributed by atoms with van der Waals surface area (Å²) in [4.78, 5) is 2.59. The van der Waals surface area contributed by atoms with Gasteiger partial charge in [0.25, 0.3) is 0 Å². The molecule has 3 atom stereocenters. The molecular weight excluding hydrogens is 306 g/mol. The largest absolute Gasteiger partial charge is 0.508 e. The highest BCUT2D eigenvalue weighted by molar-refractivity contribution is 5.45. The van der Waals surface area contributed by atoms with E-state index in [1.807, 2.05) is 42.5 Å². The monoisotopic (exact) mass is 335 g/mol. The molecule has 3 aliphatic rings. The minimum atomic E-state index is 0.377. The Balaban J connectivity index is 0.000000223. The molecule has 25 heavy (non-hydrogen) atoms. The number of aromatic hydroxyl groups is 1. The summed E-state index contributed by atoms with van der Waals surface area (Å²) in [5.74, 6) is 1.27. The summed E-state index contributed by atoms with van der Waals surface area (Å²) in [6.07, 6.45) is 7.93. The van der Waals surface area contributed by atoms with E-state index in [0.29, 0.717) is 11.2 Å². The fourth-order valence-corrected chi connectivity index (χ4v) is 5.57. The molecule has 1 N–H and O–H groups in total. The molecule has 1 saturated heterocycles. The third kappa shape index (κ3) is 2.97. The van der Waals surface area contributed by atoms with Crippen LogP contribution in [-0.2, 0) is 11.8 Å². The molecule has 1 heterocycles. The molecule has 2 bridgehead atoms. The van der Waals surface area contributed by atoms with Crippen molar-refractivity contribution in [3.8, 4) is 5.75 Å². The van der Waals surface area contributed by atoms with Gasteiger partial charge >= 0.3 is 0 Å². The first-order valence-electron chi connectivity index (χ1n) is 9.73. The van der Waals surface area contributed by atoms with Crippen LogP contribution in [0, 0.1) is 5.92 Å². The van der Waals surface area contributed by atoms with Gasteiger partial charge in [0.05, 0.1) is 0 Å². The first-order chi connectivity index (χ1) is 12.2. The number of phenols is 1. The molecule has 1 saturated carbocycles. The molecule has 0 unspecified atom stereocenters. The fraction of sp³-hybridized carbons (Fsp3) is 0.478. The van der Waals surface area contributed by atoms with Crippen LogP contribution in [0.2, 0.25) is 0 Å². The summed E-state index contributed by atoms with van der Waals surface area (Å²) in [5, 5.41) is 9.91. The maximum absolute atomic E-state index is 9.91. The standard InChI is InChI=1S/C17H23NO.C6H6/c1-18-9-8-17-7-3-2-4-14(17)16(18)10-12-5-6-13(19)11-15(12)17;1-2-4-6-5-3-1/h5-6,11,14,16,19H,2-4,7-10H2,1H3;1-6H/t14-,16+,17+;/m1./s1. The number of rotatable bonds is 0. The Morgan fingerprint density at radius 3 is 2.44 bits per heavy atom. The highest BCUT2D eigenvalue weighted by atomic mass is 16.3. The first kappa shape index (κ1) is 16.7. The number of fused-ring (bicyclic) bond motifs is 1. The Morgan fingerprint density at radius 2 is 1.72 bits per heavy atom. The molecule has 1 aliphatic heterocycles. The van der Waals surface area contributed by atoms with Gasteiger partial charge in [-0.25, -0.2) is 0 Å². The van der Waals surface area contributed by atoms with Crippen LogP contribution < -0.4 is 0 Å². The van der Waals surface area contributed by atoms with Crippen molar-refractivity contribution in [1.29, 1.82) is 0 Å². The number of hydrogen-bond acceptors (Lipinski definition) is 2. The highest BCUT2D eigenvalue weighted by Gasteiger charge is 2.52. The van der Waals surface area contributed by atoms with Gasteiger partial charge in [-0.15, -0.1) is 0 Å². The SMILES string of the molecule is CN1CC[C@@]23CCCC[C@@H]2[C@@H]1Cc1ccc(O)cc13.c1ccccc1.